The van der Waals surface area contributed by atoms with Gasteiger partial charge >= 0.3 is 6.61 Å². The number of ether oxygens (including phenoxy) is 1. The molecule has 1 unspecified atom stereocenters. The second kappa shape index (κ2) is 11.4. The minimum Gasteiger partial charge on any atom is -0.435 e. The molecule has 4 nitrogen and oxygen atoms in total. The van der Waals surface area contributed by atoms with Crippen LogP contribution in [0.4, 0.5) is 23.2 Å². The van der Waals surface area contributed by atoms with E-state index in [1.807, 2.05) is 43.3 Å². The highest BCUT2D eigenvalue weighted by atomic mass is 19.3. The molecule has 0 aliphatic carbocycles. The number of amides is 1. The van der Waals surface area contributed by atoms with Crippen LogP contribution in [0.2, 0.25) is 0 Å². The molecule has 1 aliphatic heterocycles. The van der Waals surface area contributed by atoms with Crippen molar-refractivity contribution in [3.05, 3.63) is 107 Å². The molecule has 0 bridgehead atoms. The third kappa shape index (κ3) is 6.84. The zero-order chi connectivity index (χ0) is 24.7. The van der Waals surface area contributed by atoms with Crippen molar-refractivity contribution in [1.29, 1.82) is 0 Å². The maximum Gasteiger partial charge on any atom is 0.387 e. The summed E-state index contributed by atoms with van der Waals surface area (Å²) >= 11 is 0. The number of benzene rings is 3. The van der Waals surface area contributed by atoms with Gasteiger partial charge in [-0.2, -0.15) is 8.78 Å². The van der Waals surface area contributed by atoms with Crippen LogP contribution in [0.3, 0.4) is 0 Å². The molecule has 1 atom stereocenters. The standard InChI is InChI=1S/C19H18F2N2O2.C7H6F2/c1-13(14-5-3-2-4-6-14)22-17-11-12-23(18(17)24)15-7-9-16(10-8-15)25-19(20)21;1-5-2-6(8)4-7(9)3-5/h2-11,13,19,22H,12H2,1H3;2-4H,1H3. The number of rotatable bonds is 6. The normalized spacial score (nSPS) is 13.8. The van der Waals surface area contributed by atoms with Gasteiger partial charge in [0.1, 0.15) is 17.4 Å². The molecule has 1 amide bonds. The number of aryl methyl sites for hydroxylation is 1. The van der Waals surface area contributed by atoms with Gasteiger partial charge in [0.2, 0.25) is 0 Å². The second-order valence-electron chi connectivity index (χ2n) is 7.63. The summed E-state index contributed by atoms with van der Waals surface area (Å²) in [5.41, 5.74) is 2.85. The fourth-order valence-corrected chi connectivity index (χ4v) is 3.40. The van der Waals surface area contributed by atoms with Gasteiger partial charge in [-0.1, -0.05) is 30.3 Å². The largest absolute Gasteiger partial charge is 0.435 e. The van der Waals surface area contributed by atoms with E-state index in [4.69, 9.17) is 0 Å². The Hall–Kier alpha value is -3.81. The van der Waals surface area contributed by atoms with Crippen LogP contribution in [-0.2, 0) is 4.79 Å². The first-order valence-electron chi connectivity index (χ1n) is 10.5. The number of hydrogen-bond acceptors (Lipinski definition) is 3. The van der Waals surface area contributed by atoms with E-state index < -0.39 is 18.2 Å². The summed E-state index contributed by atoms with van der Waals surface area (Å²) in [6.45, 7) is 1.20. The highest BCUT2D eigenvalue weighted by molar-refractivity contribution is 6.07. The predicted octanol–water partition coefficient (Wildman–Crippen LogP) is 6.14. The van der Waals surface area contributed by atoms with Crippen molar-refractivity contribution in [3.8, 4) is 5.75 Å². The van der Waals surface area contributed by atoms with E-state index in [1.165, 1.54) is 24.3 Å². The Kier molecular flexibility index (Phi) is 8.29. The Labute approximate surface area is 195 Å². The van der Waals surface area contributed by atoms with E-state index in [1.54, 1.807) is 24.0 Å². The summed E-state index contributed by atoms with van der Waals surface area (Å²) in [7, 11) is 0. The molecule has 0 saturated carbocycles. The van der Waals surface area contributed by atoms with Crippen molar-refractivity contribution in [3.63, 3.8) is 0 Å². The average Bonchev–Trinajstić information content (AvgIpc) is 3.14. The Morgan fingerprint density at radius 3 is 2.12 bits per heavy atom. The van der Waals surface area contributed by atoms with Crippen molar-refractivity contribution in [1.82, 2.24) is 5.32 Å². The van der Waals surface area contributed by atoms with Crippen LogP contribution in [0.15, 0.2) is 84.6 Å². The van der Waals surface area contributed by atoms with Gasteiger partial charge in [-0.15, -0.1) is 0 Å². The summed E-state index contributed by atoms with van der Waals surface area (Å²) in [5, 5.41) is 3.23. The SMILES string of the molecule is CC(NC1=CCN(c2ccc(OC(F)F)cc2)C1=O)c1ccccc1.Cc1cc(F)cc(F)c1. The molecule has 1 aliphatic rings. The first kappa shape index (κ1) is 24.8. The summed E-state index contributed by atoms with van der Waals surface area (Å²) < 4.78 is 53.1. The van der Waals surface area contributed by atoms with Gasteiger partial charge in [0.05, 0.1) is 5.70 Å². The molecule has 3 aromatic rings. The predicted molar refractivity (Wildman–Crippen MR) is 123 cm³/mol. The summed E-state index contributed by atoms with van der Waals surface area (Å²) in [6.07, 6.45) is 1.82. The molecule has 8 heteroatoms. The van der Waals surface area contributed by atoms with Gasteiger partial charge < -0.3 is 15.0 Å². The summed E-state index contributed by atoms with van der Waals surface area (Å²) in [6, 6.07) is 19.3. The molecule has 0 fully saturated rings. The zero-order valence-corrected chi connectivity index (χ0v) is 18.6. The Balaban J connectivity index is 0.000000302. The van der Waals surface area contributed by atoms with E-state index in [9.17, 15) is 22.4 Å². The molecule has 4 rings (SSSR count). The molecule has 1 N–H and O–H groups in total. The van der Waals surface area contributed by atoms with Crippen LogP contribution in [0.1, 0.15) is 24.1 Å². The third-order valence-corrected chi connectivity index (χ3v) is 5.01. The van der Waals surface area contributed by atoms with Crippen LogP contribution in [0.5, 0.6) is 5.75 Å². The molecule has 0 spiro atoms. The maximum atomic E-state index is 12.6. The van der Waals surface area contributed by atoms with Crippen LogP contribution >= 0.6 is 0 Å². The van der Waals surface area contributed by atoms with Gasteiger partial charge in [-0.25, -0.2) is 8.78 Å². The first-order valence-corrected chi connectivity index (χ1v) is 10.5. The molecule has 1 heterocycles. The highest BCUT2D eigenvalue weighted by Gasteiger charge is 2.26. The van der Waals surface area contributed by atoms with Crippen molar-refractivity contribution < 1.29 is 27.1 Å². The van der Waals surface area contributed by atoms with Gasteiger partial charge in [0.15, 0.2) is 0 Å². The monoisotopic (exact) mass is 472 g/mol. The van der Waals surface area contributed by atoms with Crippen LogP contribution in [0.25, 0.3) is 0 Å². The highest BCUT2D eigenvalue weighted by Crippen LogP contribution is 2.25. The smallest absolute Gasteiger partial charge is 0.387 e. The minimum atomic E-state index is -2.86. The van der Waals surface area contributed by atoms with Crippen molar-refractivity contribution in [2.24, 2.45) is 0 Å². The van der Waals surface area contributed by atoms with Crippen molar-refractivity contribution in [2.45, 2.75) is 26.5 Å². The fourth-order valence-electron chi connectivity index (χ4n) is 3.40. The van der Waals surface area contributed by atoms with Gasteiger partial charge in [-0.05, 0) is 67.4 Å². The number of alkyl halides is 2. The van der Waals surface area contributed by atoms with Crippen LogP contribution in [0, 0.1) is 18.6 Å². The lowest BCUT2D eigenvalue weighted by atomic mass is 10.1. The van der Waals surface area contributed by atoms with Crippen molar-refractivity contribution in [2.75, 3.05) is 11.4 Å². The molecule has 0 saturated heterocycles. The van der Waals surface area contributed by atoms with Gasteiger partial charge in [0, 0.05) is 24.3 Å². The van der Waals surface area contributed by atoms with Gasteiger partial charge in [-0.3, -0.25) is 4.79 Å². The number of carbonyl (C=O) groups excluding carboxylic acids is 1. The Bertz CT molecular complexity index is 1080. The molecule has 34 heavy (non-hydrogen) atoms. The van der Waals surface area contributed by atoms with E-state index in [-0.39, 0.29) is 17.7 Å². The summed E-state index contributed by atoms with van der Waals surface area (Å²) in [4.78, 5) is 14.2. The van der Waals surface area contributed by atoms with E-state index in [0.29, 0.717) is 23.5 Å². The quantitative estimate of drug-likeness (QED) is 0.438. The van der Waals surface area contributed by atoms with Gasteiger partial charge in [0.25, 0.3) is 5.91 Å². The topological polar surface area (TPSA) is 41.6 Å². The Morgan fingerprint density at radius 1 is 0.941 bits per heavy atom. The zero-order valence-electron chi connectivity index (χ0n) is 18.6. The number of nitrogens with one attached hydrogen (secondary N) is 1. The fraction of sp³-hybridized carbons (Fsp3) is 0.192. The lowest BCUT2D eigenvalue weighted by Gasteiger charge is -2.19. The average molecular weight is 472 g/mol. The van der Waals surface area contributed by atoms with E-state index in [2.05, 4.69) is 10.1 Å². The second-order valence-corrected chi connectivity index (χ2v) is 7.63. The molecule has 0 radical (unpaired) electrons. The number of halogens is 4. The van der Waals surface area contributed by atoms with Crippen LogP contribution in [-0.4, -0.2) is 19.1 Å². The first-order chi connectivity index (χ1) is 16.2. The Morgan fingerprint density at radius 2 is 1.56 bits per heavy atom. The number of anilines is 1. The number of nitrogens with zero attached hydrogens (tertiary/aromatic N) is 1. The lowest BCUT2D eigenvalue weighted by molar-refractivity contribution is -0.114. The molecule has 3 aromatic carbocycles. The molecule has 0 aromatic heterocycles. The molecular formula is C26H24F4N2O2. The van der Waals surface area contributed by atoms with E-state index in [0.717, 1.165) is 11.6 Å². The van der Waals surface area contributed by atoms with Crippen LogP contribution < -0.4 is 15.0 Å². The lowest BCUT2D eigenvalue weighted by Crippen LogP contribution is -2.31. The number of carbonyl (C=O) groups is 1. The number of hydrogen-bond donors (Lipinski definition) is 1. The molecular weight excluding hydrogens is 448 g/mol. The van der Waals surface area contributed by atoms with E-state index >= 15 is 0 Å². The maximum absolute atomic E-state index is 12.6. The molecule has 178 valence electrons. The minimum absolute atomic E-state index is 0.00170. The third-order valence-electron chi connectivity index (χ3n) is 5.01. The summed E-state index contributed by atoms with van der Waals surface area (Å²) in [5.74, 6) is -1.13. The van der Waals surface area contributed by atoms with Crippen molar-refractivity contribution >= 4 is 11.6 Å².